The number of nitrogens with one attached hydrogen (secondary N) is 2. The van der Waals surface area contributed by atoms with E-state index in [1.165, 1.54) is 0 Å². The number of nitrogens with zero attached hydrogens (tertiary/aromatic N) is 1. The normalized spacial score (nSPS) is 28.3. The molecule has 4 nitrogen and oxygen atoms in total. The average Bonchev–Trinajstić information content (AvgIpc) is 3.17. The summed E-state index contributed by atoms with van der Waals surface area (Å²) in [5.41, 5.74) is 0.289. The monoisotopic (exact) mass is 277 g/mol. The molecule has 1 atom stereocenters. The highest BCUT2D eigenvalue weighted by molar-refractivity contribution is 6.30. The zero-order valence-electron chi connectivity index (χ0n) is 10.7. The van der Waals surface area contributed by atoms with E-state index in [2.05, 4.69) is 15.6 Å². The van der Waals surface area contributed by atoms with Crippen molar-refractivity contribution in [3.05, 3.63) is 34.9 Å². The Kier molecular flexibility index (Phi) is 2.97. The summed E-state index contributed by atoms with van der Waals surface area (Å²) in [6.07, 6.45) is 2.12. The van der Waals surface area contributed by atoms with Gasteiger partial charge < -0.3 is 5.32 Å². The molecule has 1 aliphatic carbocycles. The Morgan fingerprint density at radius 2 is 2.05 bits per heavy atom. The van der Waals surface area contributed by atoms with Crippen molar-refractivity contribution in [1.82, 2.24) is 10.6 Å². The first-order chi connectivity index (χ1) is 9.16. The maximum absolute atomic E-state index is 12.5. The zero-order valence-corrected chi connectivity index (χ0v) is 11.5. The maximum atomic E-state index is 12.5. The van der Waals surface area contributed by atoms with Gasteiger partial charge in [0.15, 0.2) is 5.96 Å². The van der Waals surface area contributed by atoms with E-state index in [0.717, 1.165) is 18.4 Å². The van der Waals surface area contributed by atoms with E-state index in [1.807, 2.05) is 31.2 Å². The molecule has 1 unspecified atom stereocenters. The Morgan fingerprint density at radius 1 is 1.37 bits per heavy atom. The second-order valence-electron chi connectivity index (χ2n) is 4.99. The van der Waals surface area contributed by atoms with Crippen LogP contribution in [0.5, 0.6) is 0 Å². The first kappa shape index (κ1) is 12.5. The lowest BCUT2D eigenvalue weighted by Gasteiger charge is -2.27. The van der Waals surface area contributed by atoms with E-state index >= 15 is 0 Å². The number of guanidine groups is 1. The van der Waals surface area contributed by atoms with Gasteiger partial charge in [0.05, 0.1) is 0 Å². The summed E-state index contributed by atoms with van der Waals surface area (Å²) in [4.78, 5) is 16.7. The quantitative estimate of drug-likeness (QED) is 0.888. The molecule has 1 saturated heterocycles. The van der Waals surface area contributed by atoms with E-state index in [4.69, 9.17) is 11.6 Å². The van der Waals surface area contributed by atoms with Gasteiger partial charge in [-0.05, 0) is 43.4 Å². The molecule has 1 amide bonds. The van der Waals surface area contributed by atoms with Crippen molar-refractivity contribution in [3.63, 3.8) is 0 Å². The molecule has 1 aromatic rings. The Labute approximate surface area is 117 Å². The number of carbonyl (C=O) groups excluding carboxylic acids is 1. The Hall–Kier alpha value is -1.55. The summed E-state index contributed by atoms with van der Waals surface area (Å²) >= 11 is 5.93. The molecule has 1 aromatic carbocycles. The van der Waals surface area contributed by atoms with Gasteiger partial charge in [0.25, 0.3) is 5.91 Å². The van der Waals surface area contributed by atoms with Crippen LogP contribution < -0.4 is 10.6 Å². The number of hydrogen-bond donors (Lipinski definition) is 2. The van der Waals surface area contributed by atoms with Crippen LogP contribution in [0, 0.1) is 5.92 Å². The van der Waals surface area contributed by atoms with Crippen LogP contribution in [0.2, 0.25) is 5.02 Å². The van der Waals surface area contributed by atoms with E-state index in [0.29, 0.717) is 23.4 Å². The molecule has 1 saturated carbocycles. The van der Waals surface area contributed by atoms with Crippen LogP contribution in [-0.4, -0.2) is 18.4 Å². The van der Waals surface area contributed by atoms with E-state index in [9.17, 15) is 4.79 Å². The van der Waals surface area contributed by atoms with Crippen LogP contribution >= 0.6 is 11.6 Å². The van der Waals surface area contributed by atoms with Crippen LogP contribution in [0.15, 0.2) is 29.3 Å². The minimum atomic E-state index is -0.668. The minimum absolute atomic E-state index is 0.00970. The van der Waals surface area contributed by atoms with Gasteiger partial charge in [-0.25, -0.2) is 0 Å². The topological polar surface area (TPSA) is 53.5 Å². The van der Waals surface area contributed by atoms with Crippen LogP contribution in [0.4, 0.5) is 0 Å². The number of amides is 1. The molecular weight excluding hydrogens is 262 g/mol. The van der Waals surface area contributed by atoms with Crippen molar-refractivity contribution in [2.24, 2.45) is 10.9 Å². The fraction of sp³-hybridized carbons (Fsp3) is 0.429. The van der Waals surface area contributed by atoms with Crippen LogP contribution in [0.1, 0.15) is 25.3 Å². The number of benzene rings is 1. The fourth-order valence-electron chi connectivity index (χ4n) is 2.67. The third-order valence-electron chi connectivity index (χ3n) is 3.71. The predicted octanol–water partition coefficient (Wildman–Crippen LogP) is 2.04. The molecule has 100 valence electrons. The summed E-state index contributed by atoms with van der Waals surface area (Å²) < 4.78 is 0. The molecule has 1 aliphatic heterocycles. The SMILES string of the molecule is CCN=C1NC(=O)C(c2ccc(Cl)cc2)(C2CC2)N1. The summed E-state index contributed by atoms with van der Waals surface area (Å²) in [7, 11) is 0. The third-order valence-corrected chi connectivity index (χ3v) is 3.96. The summed E-state index contributed by atoms with van der Waals surface area (Å²) in [6.45, 7) is 2.59. The van der Waals surface area contributed by atoms with Gasteiger partial charge in [0.2, 0.25) is 0 Å². The molecule has 1 heterocycles. The second kappa shape index (κ2) is 4.53. The van der Waals surface area contributed by atoms with Gasteiger partial charge in [-0.3, -0.25) is 15.1 Å². The number of halogens is 1. The van der Waals surface area contributed by atoms with Gasteiger partial charge in [-0.2, -0.15) is 0 Å². The smallest absolute Gasteiger partial charge is 0.257 e. The largest absolute Gasteiger partial charge is 0.338 e. The number of aliphatic imine (C=N–C) groups is 1. The van der Waals surface area contributed by atoms with Gasteiger partial charge >= 0.3 is 0 Å². The highest BCUT2D eigenvalue weighted by Gasteiger charge is 2.56. The molecule has 2 N–H and O–H groups in total. The van der Waals surface area contributed by atoms with Crippen molar-refractivity contribution >= 4 is 23.5 Å². The van der Waals surface area contributed by atoms with Crippen molar-refractivity contribution in [1.29, 1.82) is 0 Å². The van der Waals surface area contributed by atoms with E-state index in [-0.39, 0.29) is 5.91 Å². The molecule has 19 heavy (non-hydrogen) atoms. The van der Waals surface area contributed by atoms with Crippen LogP contribution in [0.25, 0.3) is 0 Å². The van der Waals surface area contributed by atoms with Gasteiger partial charge in [-0.1, -0.05) is 23.7 Å². The van der Waals surface area contributed by atoms with Gasteiger partial charge in [0.1, 0.15) is 5.54 Å². The van der Waals surface area contributed by atoms with Crippen molar-refractivity contribution < 1.29 is 4.79 Å². The number of carbonyl (C=O) groups is 1. The lowest BCUT2D eigenvalue weighted by Crippen LogP contribution is -2.46. The Morgan fingerprint density at radius 3 is 2.63 bits per heavy atom. The molecule has 0 spiro atoms. The number of hydrogen-bond acceptors (Lipinski definition) is 2. The average molecular weight is 278 g/mol. The molecular formula is C14H16ClN3O. The van der Waals surface area contributed by atoms with Gasteiger partial charge in [0, 0.05) is 11.6 Å². The first-order valence-corrected chi connectivity index (χ1v) is 6.94. The molecule has 0 radical (unpaired) electrons. The molecule has 0 bridgehead atoms. The van der Waals surface area contributed by atoms with Crippen LogP contribution in [0.3, 0.4) is 0 Å². The third kappa shape index (κ3) is 2.00. The van der Waals surface area contributed by atoms with E-state index in [1.54, 1.807) is 0 Å². The predicted molar refractivity (Wildman–Crippen MR) is 75.1 cm³/mol. The van der Waals surface area contributed by atoms with Crippen molar-refractivity contribution in [2.75, 3.05) is 6.54 Å². The Bertz CT molecular complexity index is 536. The molecule has 2 aliphatic rings. The number of rotatable bonds is 3. The second-order valence-corrected chi connectivity index (χ2v) is 5.43. The Balaban J connectivity index is 2.03. The molecule has 2 fully saturated rings. The first-order valence-electron chi connectivity index (χ1n) is 6.57. The van der Waals surface area contributed by atoms with Crippen molar-refractivity contribution in [2.45, 2.75) is 25.3 Å². The summed E-state index contributed by atoms with van der Waals surface area (Å²) in [5, 5.41) is 6.82. The maximum Gasteiger partial charge on any atom is 0.257 e. The molecule has 5 heteroatoms. The van der Waals surface area contributed by atoms with Gasteiger partial charge in [-0.15, -0.1) is 0 Å². The van der Waals surface area contributed by atoms with Crippen molar-refractivity contribution in [3.8, 4) is 0 Å². The highest BCUT2D eigenvalue weighted by atomic mass is 35.5. The zero-order chi connectivity index (χ0) is 13.5. The van der Waals surface area contributed by atoms with Crippen LogP contribution in [-0.2, 0) is 10.3 Å². The highest BCUT2D eigenvalue weighted by Crippen LogP contribution is 2.47. The minimum Gasteiger partial charge on any atom is -0.338 e. The lowest BCUT2D eigenvalue weighted by atomic mass is 9.85. The summed E-state index contributed by atoms with van der Waals surface area (Å²) in [5.74, 6) is 0.900. The summed E-state index contributed by atoms with van der Waals surface area (Å²) in [6, 6.07) is 7.49. The lowest BCUT2D eigenvalue weighted by molar-refractivity contribution is -0.125. The molecule has 3 rings (SSSR count). The van der Waals surface area contributed by atoms with E-state index < -0.39 is 5.54 Å². The molecule has 0 aromatic heterocycles. The standard InChI is InChI=1S/C14H16ClN3O/c1-2-16-13-17-12(19)14(18-13,9-3-4-9)10-5-7-11(15)8-6-10/h5-9H,2-4H2,1H3,(H2,16,17,18,19). The fourth-order valence-corrected chi connectivity index (χ4v) is 2.80.